The van der Waals surface area contributed by atoms with E-state index in [9.17, 15) is 34.1 Å². The lowest BCUT2D eigenvalue weighted by Crippen LogP contribution is -2.43. The number of carboxylic acid groups (broad SMARTS) is 1. The summed E-state index contributed by atoms with van der Waals surface area (Å²) >= 11 is 0. The van der Waals surface area contributed by atoms with Gasteiger partial charge in [-0.2, -0.15) is 0 Å². The smallest absolute Gasteiger partial charge is 0.472 e. The zero-order valence-electron chi connectivity index (χ0n) is 31.4. The van der Waals surface area contributed by atoms with E-state index < -0.39 is 57.6 Å². The summed E-state index contributed by atoms with van der Waals surface area (Å²) in [6.07, 6.45) is 35.8. The summed E-state index contributed by atoms with van der Waals surface area (Å²) in [7, 11) is -4.76. The third-order valence-corrected chi connectivity index (χ3v) is 8.82. The number of allylic oxidation sites excluding steroid dienone is 8. The van der Waals surface area contributed by atoms with Gasteiger partial charge in [-0.05, 0) is 51.4 Å². The first-order valence-corrected chi connectivity index (χ1v) is 20.7. The fourth-order valence-electron chi connectivity index (χ4n) is 4.84. The SMILES string of the molecule is CCCCC/C=C\C/C=C\C/C=C\C/C=C\CCCC(=O)NC(COP(=O)(O)OCC(O)COC(=O)CCCCCCCCCCCC)C(=O)O. The van der Waals surface area contributed by atoms with E-state index in [-0.39, 0.29) is 12.8 Å². The second-order valence-electron chi connectivity index (χ2n) is 12.8. The van der Waals surface area contributed by atoms with Gasteiger partial charge in [0.2, 0.25) is 5.91 Å². The third-order valence-electron chi connectivity index (χ3n) is 7.87. The van der Waals surface area contributed by atoms with Gasteiger partial charge in [0.05, 0.1) is 13.2 Å². The molecule has 0 aromatic rings. The molecule has 11 nitrogen and oxygen atoms in total. The summed E-state index contributed by atoms with van der Waals surface area (Å²) in [6, 6.07) is -1.57. The summed E-state index contributed by atoms with van der Waals surface area (Å²) in [5.41, 5.74) is 0. The van der Waals surface area contributed by atoms with Crippen LogP contribution in [0.25, 0.3) is 0 Å². The van der Waals surface area contributed by atoms with Crippen LogP contribution in [0.1, 0.15) is 149 Å². The molecule has 0 aromatic carbocycles. The average molecular weight is 742 g/mol. The second kappa shape index (κ2) is 34.5. The predicted octanol–water partition coefficient (Wildman–Crippen LogP) is 9.05. The van der Waals surface area contributed by atoms with Crippen molar-refractivity contribution in [2.75, 3.05) is 19.8 Å². The number of hydrogen-bond donors (Lipinski definition) is 4. The minimum atomic E-state index is -4.76. The number of aliphatic hydroxyl groups excluding tert-OH is 1. The van der Waals surface area contributed by atoms with Crippen molar-refractivity contribution in [3.8, 4) is 0 Å². The molecule has 0 bridgehead atoms. The molecular weight excluding hydrogens is 673 g/mol. The van der Waals surface area contributed by atoms with Crippen molar-refractivity contribution in [3.63, 3.8) is 0 Å². The lowest BCUT2D eigenvalue weighted by atomic mass is 10.1. The van der Waals surface area contributed by atoms with Gasteiger partial charge in [-0.25, -0.2) is 9.36 Å². The molecule has 1 amide bonds. The molecule has 0 aliphatic carbocycles. The molecule has 0 radical (unpaired) electrons. The number of carbonyl (C=O) groups is 3. The number of hydrogen-bond acceptors (Lipinski definition) is 8. The number of phosphoric acid groups is 1. The number of carbonyl (C=O) groups excluding carboxylic acids is 2. The standard InChI is InChI=1S/C39H68NO10P/c1-3-5-7-9-11-13-15-16-17-18-19-20-21-22-24-26-28-30-37(42)40-36(39(44)45)34-50-51(46,47)49-33-35(41)32-48-38(43)31-29-27-25-23-14-12-10-8-6-4-2/h11,13,16-17,19-20,22,24,35-36,41H,3-10,12,14-15,18,21,23,25-34H2,1-2H3,(H,40,42)(H,44,45)(H,46,47)/b13-11-,17-16-,20-19-,24-22-. The Bertz CT molecular complexity index is 1060. The van der Waals surface area contributed by atoms with Gasteiger partial charge in [0, 0.05) is 12.8 Å². The van der Waals surface area contributed by atoms with E-state index in [0.717, 1.165) is 44.9 Å². The maximum atomic E-state index is 12.2. The van der Waals surface area contributed by atoms with Crippen LogP contribution in [0, 0.1) is 0 Å². The van der Waals surface area contributed by atoms with Crippen molar-refractivity contribution in [2.24, 2.45) is 0 Å². The number of phosphoric ester groups is 1. The van der Waals surface area contributed by atoms with Gasteiger partial charge in [0.25, 0.3) is 0 Å². The molecule has 4 N–H and O–H groups in total. The molecule has 3 atom stereocenters. The van der Waals surface area contributed by atoms with Crippen LogP contribution in [0.15, 0.2) is 48.6 Å². The van der Waals surface area contributed by atoms with Crippen molar-refractivity contribution in [1.82, 2.24) is 5.32 Å². The molecule has 12 heteroatoms. The number of aliphatic hydroxyl groups is 1. The van der Waals surface area contributed by atoms with E-state index >= 15 is 0 Å². The molecular formula is C39H68NO10P. The number of unbranched alkanes of at least 4 members (excludes halogenated alkanes) is 13. The van der Waals surface area contributed by atoms with Gasteiger partial charge in [0.15, 0.2) is 6.04 Å². The van der Waals surface area contributed by atoms with E-state index in [2.05, 4.69) is 55.6 Å². The highest BCUT2D eigenvalue weighted by Crippen LogP contribution is 2.43. The van der Waals surface area contributed by atoms with E-state index in [1.165, 1.54) is 57.8 Å². The van der Waals surface area contributed by atoms with Crippen molar-refractivity contribution in [3.05, 3.63) is 48.6 Å². The largest absolute Gasteiger partial charge is 0.480 e. The van der Waals surface area contributed by atoms with Crippen molar-refractivity contribution in [2.45, 2.75) is 161 Å². The van der Waals surface area contributed by atoms with E-state index in [4.69, 9.17) is 13.8 Å². The first-order chi connectivity index (χ1) is 24.6. The van der Waals surface area contributed by atoms with Crippen molar-refractivity contribution in [1.29, 1.82) is 0 Å². The zero-order valence-corrected chi connectivity index (χ0v) is 32.3. The van der Waals surface area contributed by atoms with Gasteiger partial charge in [0.1, 0.15) is 12.7 Å². The Morgan fingerprint density at radius 2 is 1.10 bits per heavy atom. The number of amides is 1. The second-order valence-corrected chi connectivity index (χ2v) is 14.2. The van der Waals surface area contributed by atoms with Crippen LogP contribution < -0.4 is 5.32 Å². The van der Waals surface area contributed by atoms with Gasteiger partial charge in [-0.3, -0.25) is 18.6 Å². The summed E-state index contributed by atoms with van der Waals surface area (Å²) in [5, 5.41) is 21.7. The van der Waals surface area contributed by atoms with Crippen LogP contribution in [-0.4, -0.2) is 64.9 Å². The Hall–Kier alpha value is -2.56. The number of esters is 1. The molecule has 0 rings (SSSR count). The normalized spacial score (nSPS) is 14.4. The van der Waals surface area contributed by atoms with Gasteiger partial charge >= 0.3 is 19.8 Å². The minimum absolute atomic E-state index is 0.0686. The minimum Gasteiger partial charge on any atom is -0.480 e. The molecule has 0 aromatic heterocycles. The fraction of sp³-hybridized carbons (Fsp3) is 0.718. The summed E-state index contributed by atoms with van der Waals surface area (Å²) in [6.45, 7) is 2.48. The first-order valence-electron chi connectivity index (χ1n) is 19.2. The molecule has 0 fully saturated rings. The fourth-order valence-corrected chi connectivity index (χ4v) is 5.61. The predicted molar refractivity (Wildman–Crippen MR) is 203 cm³/mol. The number of ether oxygens (including phenoxy) is 1. The first kappa shape index (κ1) is 48.4. The maximum Gasteiger partial charge on any atom is 0.472 e. The Kier molecular flexibility index (Phi) is 32.8. The number of nitrogens with one attached hydrogen (secondary N) is 1. The van der Waals surface area contributed by atoms with E-state index in [1.54, 1.807) is 0 Å². The highest BCUT2D eigenvalue weighted by atomic mass is 31.2. The van der Waals surface area contributed by atoms with Crippen LogP contribution in [0.5, 0.6) is 0 Å². The molecule has 0 saturated heterocycles. The molecule has 0 aliphatic heterocycles. The van der Waals surface area contributed by atoms with Gasteiger partial charge in [-0.1, -0.05) is 133 Å². The van der Waals surface area contributed by atoms with Crippen LogP contribution in [0.3, 0.4) is 0 Å². The van der Waals surface area contributed by atoms with Gasteiger partial charge in [-0.15, -0.1) is 0 Å². The molecule has 0 heterocycles. The topological polar surface area (TPSA) is 169 Å². The molecule has 51 heavy (non-hydrogen) atoms. The lowest BCUT2D eigenvalue weighted by molar-refractivity contribution is -0.147. The Morgan fingerprint density at radius 1 is 0.627 bits per heavy atom. The molecule has 3 unspecified atom stereocenters. The van der Waals surface area contributed by atoms with Crippen molar-refractivity contribution < 1.29 is 47.8 Å². The summed E-state index contributed by atoms with van der Waals surface area (Å²) in [5.74, 6) is -2.46. The van der Waals surface area contributed by atoms with Crippen LogP contribution in [-0.2, 0) is 32.7 Å². The monoisotopic (exact) mass is 741 g/mol. The van der Waals surface area contributed by atoms with E-state index in [1.807, 2.05) is 12.2 Å². The van der Waals surface area contributed by atoms with Crippen LogP contribution in [0.2, 0.25) is 0 Å². The van der Waals surface area contributed by atoms with Crippen molar-refractivity contribution >= 4 is 25.7 Å². The maximum absolute atomic E-state index is 12.2. The third kappa shape index (κ3) is 34.3. The molecule has 0 aliphatic rings. The number of rotatable bonds is 35. The van der Waals surface area contributed by atoms with Gasteiger partial charge < -0.3 is 25.2 Å². The highest BCUT2D eigenvalue weighted by Gasteiger charge is 2.28. The Morgan fingerprint density at radius 3 is 1.65 bits per heavy atom. The highest BCUT2D eigenvalue weighted by molar-refractivity contribution is 7.47. The summed E-state index contributed by atoms with van der Waals surface area (Å²) < 4.78 is 26.7. The number of aliphatic carboxylic acids is 1. The van der Waals surface area contributed by atoms with E-state index in [0.29, 0.717) is 19.3 Å². The number of carboxylic acids is 1. The van der Waals surface area contributed by atoms with Crippen LogP contribution >= 0.6 is 7.82 Å². The molecule has 294 valence electrons. The molecule has 0 saturated carbocycles. The molecule has 0 spiro atoms. The average Bonchev–Trinajstić information content (AvgIpc) is 3.10. The lowest BCUT2D eigenvalue weighted by Gasteiger charge is -2.18. The summed E-state index contributed by atoms with van der Waals surface area (Å²) in [4.78, 5) is 45.6. The van der Waals surface area contributed by atoms with Crippen LogP contribution in [0.4, 0.5) is 0 Å². The zero-order chi connectivity index (χ0) is 37.8. The Labute approximate surface area is 307 Å². The quantitative estimate of drug-likeness (QED) is 0.0213. The Balaban J connectivity index is 4.08.